The predicted molar refractivity (Wildman–Crippen MR) is 264 cm³/mol. The molecule has 2 atom stereocenters. The van der Waals surface area contributed by atoms with Crippen LogP contribution in [-0.2, 0) is 9.59 Å². The summed E-state index contributed by atoms with van der Waals surface area (Å²) in [5.41, 5.74) is 10.6. The van der Waals surface area contributed by atoms with Gasteiger partial charge in [0.25, 0.3) is 0 Å². The molecule has 0 spiro atoms. The van der Waals surface area contributed by atoms with E-state index < -0.39 is 0 Å². The van der Waals surface area contributed by atoms with E-state index >= 15 is 0 Å². The SMILES string of the molecule is C=CC(=O)N1CCC[C@@H](n2nc(-c3ccc(Oc4ccccc4)cc3)c3c(N)ncnc32)C1.C=CC(=O)N1CCC[C@@H](n2ncc3c(NC)ncnc32)C1.Cc1ccc(Oc2ccccc2)cc1. The van der Waals surface area contributed by atoms with E-state index in [2.05, 4.69) is 50.4 Å². The summed E-state index contributed by atoms with van der Waals surface area (Å²) < 4.78 is 15.3. The fourth-order valence-electron chi connectivity index (χ4n) is 8.28. The van der Waals surface area contributed by atoms with Crippen LogP contribution in [0.5, 0.6) is 23.0 Å². The molecule has 2 amide bonds. The highest BCUT2D eigenvalue weighted by Crippen LogP contribution is 2.35. The van der Waals surface area contributed by atoms with Gasteiger partial charge in [0.1, 0.15) is 53.0 Å². The summed E-state index contributed by atoms with van der Waals surface area (Å²) >= 11 is 0. The molecule has 10 rings (SSSR count). The highest BCUT2D eigenvalue weighted by atomic mass is 16.5. The number of anilines is 2. The van der Waals surface area contributed by atoms with Gasteiger partial charge in [-0.05, 0) is 105 Å². The van der Waals surface area contributed by atoms with Gasteiger partial charge in [-0.1, -0.05) is 67.3 Å². The van der Waals surface area contributed by atoms with Crippen molar-refractivity contribution in [1.29, 1.82) is 0 Å². The number of carbonyl (C=O) groups is 2. The zero-order valence-corrected chi connectivity index (χ0v) is 38.2. The van der Waals surface area contributed by atoms with Gasteiger partial charge in [-0.15, -0.1) is 0 Å². The van der Waals surface area contributed by atoms with E-state index in [-0.39, 0.29) is 23.9 Å². The number of para-hydroxylation sites is 2. The number of carbonyl (C=O) groups excluding carboxylic acids is 2. The monoisotopic (exact) mass is 910 g/mol. The molecule has 0 aliphatic carbocycles. The molecule has 68 heavy (non-hydrogen) atoms. The van der Waals surface area contributed by atoms with Gasteiger partial charge >= 0.3 is 0 Å². The van der Waals surface area contributed by atoms with E-state index in [1.807, 2.05) is 131 Å². The molecule has 0 radical (unpaired) electrons. The molecule has 8 aromatic rings. The lowest BCUT2D eigenvalue weighted by Crippen LogP contribution is -2.40. The fraction of sp³-hybridized carbons (Fsp3) is 0.231. The van der Waals surface area contributed by atoms with Crippen molar-refractivity contribution < 1.29 is 19.1 Å². The van der Waals surface area contributed by atoms with Crippen molar-refractivity contribution in [1.82, 2.24) is 49.3 Å². The Hall–Kier alpha value is -8.40. The minimum absolute atomic E-state index is 0.00566. The number of nitrogen functional groups attached to an aromatic ring is 1. The van der Waals surface area contributed by atoms with Crippen molar-refractivity contribution in [2.45, 2.75) is 44.7 Å². The second kappa shape index (κ2) is 21.7. The first-order valence-corrected chi connectivity index (χ1v) is 22.5. The van der Waals surface area contributed by atoms with Gasteiger partial charge < -0.3 is 30.3 Å². The molecule has 2 aliphatic rings. The van der Waals surface area contributed by atoms with E-state index in [9.17, 15) is 9.59 Å². The van der Waals surface area contributed by atoms with Crippen LogP contribution in [-0.4, -0.2) is 94.3 Å². The lowest BCUT2D eigenvalue weighted by Gasteiger charge is -2.32. The molecule has 4 aromatic carbocycles. The number of hydrogen-bond donors (Lipinski definition) is 2. The zero-order valence-electron chi connectivity index (χ0n) is 38.2. The molecule has 2 saturated heterocycles. The predicted octanol–water partition coefficient (Wildman–Crippen LogP) is 9.22. The second-order valence-electron chi connectivity index (χ2n) is 16.3. The van der Waals surface area contributed by atoms with Crippen LogP contribution in [0.1, 0.15) is 43.3 Å². The number of fused-ring (bicyclic) bond motifs is 2. The van der Waals surface area contributed by atoms with Crippen LogP contribution in [0.2, 0.25) is 0 Å². The number of aryl methyl sites for hydroxylation is 1. The normalized spacial score (nSPS) is 15.6. The van der Waals surface area contributed by atoms with Gasteiger partial charge in [0, 0.05) is 38.8 Å². The Morgan fingerprint density at radius 2 is 1.19 bits per heavy atom. The summed E-state index contributed by atoms with van der Waals surface area (Å²) in [6.07, 6.45) is 11.2. The molecule has 4 aromatic heterocycles. The summed E-state index contributed by atoms with van der Waals surface area (Å²) in [5, 5.41) is 14.0. The maximum atomic E-state index is 12.2. The first-order valence-electron chi connectivity index (χ1n) is 22.5. The number of amides is 2. The van der Waals surface area contributed by atoms with Crippen molar-refractivity contribution in [2.75, 3.05) is 44.3 Å². The Balaban J connectivity index is 0.000000152. The standard InChI is InChI=1S/C25H24N6O2.C14H18N6O.C13H12O/c1-2-21(32)30-14-6-7-18(15-30)31-25-22(24(26)27-16-28-25)23(29-31)17-10-12-20(13-11-17)33-19-8-4-3-5-9-19;1-3-12(21)19-6-4-5-10(8-19)20-14-11(7-18-20)13(15-2)16-9-17-14;1-11-7-9-13(10-8-11)14-12-5-3-2-4-6-12/h2-5,8-13,16,18H,1,6-7,14-15H2,(H2,26,27,28);3,7,9-10H,1,4-6,8H2,2H3,(H,15,16,17);2-10H,1H3/t18-;10-;/m11./s1. The summed E-state index contributed by atoms with van der Waals surface area (Å²) in [6.45, 7) is 11.9. The zero-order chi connectivity index (χ0) is 47.4. The molecule has 3 N–H and O–H groups in total. The fourth-order valence-corrected chi connectivity index (χ4v) is 8.28. The van der Waals surface area contributed by atoms with Crippen LogP contribution in [0, 0.1) is 6.92 Å². The molecule has 346 valence electrons. The van der Waals surface area contributed by atoms with E-state index in [0.29, 0.717) is 42.2 Å². The second-order valence-corrected chi connectivity index (χ2v) is 16.3. The molecule has 2 fully saturated rings. The molecule has 16 heteroatoms. The van der Waals surface area contributed by atoms with Crippen molar-refractivity contribution in [3.63, 3.8) is 0 Å². The minimum Gasteiger partial charge on any atom is -0.457 e. The van der Waals surface area contributed by atoms with Crippen LogP contribution >= 0.6 is 0 Å². The largest absolute Gasteiger partial charge is 0.457 e. The number of piperidine rings is 2. The third kappa shape index (κ3) is 10.8. The lowest BCUT2D eigenvalue weighted by atomic mass is 10.1. The Kier molecular flexibility index (Phi) is 14.7. The van der Waals surface area contributed by atoms with Gasteiger partial charge in [0.15, 0.2) is 11.3 Å². The van der Waals surface area contributed by atoms with Crippen LogP contribution in [0.4, 0.5) is 11.6 Å². The van der Waals surface area contributed by atoms with Crippen LogP contribution in [0.15, 0.2) is 153 Å². The van der Waals surface area contributed by atoms with Gasteiger partial charge in [-0.3, -0.25) is 9.59 Å². The van der Waals surface area contributed by atoms with Gasteiger partial charge in [-0.25, -0.2) is 29.3 Å². The Morgan fingerprint density at radius 1 is 0.676 bits per heavy atom. The van der Waals surface area contributed by atoms with Crippen molar-refractivity contribution in [3.8, 4) is 34.3 Å². The number of nitrogens with one attached hydrogen (secondary N) is 1. The van der Waals surface area contributed by atoms with Crippen molar-refractivity contribution in [2.24, 2.45) is 0 Å². The van der Waals surface area contributed by atoms with Crippen LogP contribution in [0.3, 0.4) is 0 Å². The number of nitrogens with two attached hydrogens (primary N) is 1. The summed E-state index contributed by atoms with van der Waals surface area (Å²) in [7, 11) is 1.82. The number of rotatable bonds is 10. The Labute approximate surface area is 394 Å². The molecule has 0 saturated carbocycles. The maximum absolute atomic E-state index is 12.2. The first kappa shape index (κ1) is 46.1. The average molecular weight is 911 g/mol. The van der Waals surface area contributed by atoms with Gasteiger partial charge in [0.2, 0.25) is 11.8 Å². The summed E-state index contributed by atoms with van der Waals surface area (Å²) in [4.78, 5) is 44.8. The summed E-state index contributed by atoms with van der Waals surface area (Å²) in [6, 6.07) is 35.3. The molecular weight excluding hydrogens is 857 g/mol. The van der Waals surface area contributed by atoms with E-state index in [1.165, 1.54) is 30.4 Å². The Bertz CT molecular complexity index is 2980. The minimum atomic E-state index is -0.0699. The molecule has 2 aliphatic heterocycles. The number of nitrogens with zero attached hydrogens (tertiary/aromatic N) is 10. The van der Waals surface area contributed by atoms with Crippen LogP contribution < -0.4 is 20.5 Å². The molecular formula is C52H54N12O4. The number of likely N-dealkylation sites (tertiary alicyclic amines) is 2. The third-order valence-corrected chi connectivity index (χ3v) is 11.7. The molecule has 0 bridgehead atoms. The van der Waals surface area contributed by atoms with Gasteiger partial charge in [-0.2, -0.15) is 10.2 Å². The number of aromatic nitrogens is 8. The summed E-state index contributed by atoms with van der Waals surface area (Å²) in [5.74, 6) is 4.29. The smallest absolute Gasteiger partial charge is 0.246 e. The molecule has 16 nitrogen and oxygen atoms in total. The number of hydrogen-bond acceptors (Lipinski definition) is 12. The van der Waals surface area contributed by atoms with Crippen molar-refractivity contribution in [3.05, 3.63) is 159 Å². The topological polar surface area (TPSA) is 184 Å². The number of benzene rings is 4. The maximum Gasteiger partial charge on any atom is 0.246 e. The van der Waals surface area contributed by atoms with Crippen LogP contribution in [0.25, 0.3) is 33.3 Å². The number of ether oxygens (including phenoxy) is 2. The average Bonchev–Trinajstić information content (AvgIpc) is 4.02. The van der Waals surface area contributed by atoms with E-state index in [0.717, 1.165) is 77.6 Å². The van der Waals surface area contributed by atoms with Crippen molar-refractivity contribution >= 4 is 45.5 Å². The van der Waals surface area contributed by atoms with Gasteiger partial charge in [0.05, 0.1) is 29.1 Å². The highest BCUT2D eigenvalue weighted by molar-refractivity contribution is 5.98. The first-order chi connectivity index (χ1) is 33.2. The van der Waals surface area contributed by atoms with E-state index in [1.54, 1.807) is 11.1 Å². The Morgan fingerprint density at radius 3 is 1.75 bits per heavy atom. The molecule has 0 unspecified atom stereocenters. The lowest BCUT2D eigenvalue weighted by molar-refractivity contribution is -0.128. The third-order valence-electron chi connectivity index (χ3n) is 11.7. The quantitative estimate of drug-likeness (QED) is 0.124. The highest BCUT2D eigenvalue weighted by Gasteiger charge is 2.29. The molecule has 6 heterocycles. The van der Waals surface area contributed by atoms with E-state index in [4.69, 9.17) is 20.3 Å².